The van der Waals surface area contributed by atoms with Crippen molar-refractivity contribution in [1.82, 2.24) is 0 Å². The van der Waals surface area contributed by atoms with Crippen molar-refractivity contribution in [2.45, 2.75) is 38.9 Å². The molecule has 0 aromatic rings. The molecule has 4 heteroatoms. The highest BCUT2D eigenvalue weighted by molar-refractivity contribution is 6.27. The molecular weight excluding hydrogens is 155 g/mol. The molecule has 0 bridgehead atoms. The van der Waals surface area contributed by atoms with Crippen LogP contribution in [0.1, 0.15) is 27.7 Å². The van der Waals surface area contributed by atoms with Gasteiger partial charge in [0.1, 0.15) is 0 Å². The van der Waals surface area contributed by atoms with Gasteiger partial charge >= 0.3 is 7.48 Å². The van der Waals surface area contributed by atoms with Crippen molar-refractivity contribution in [3.63, 3.8) is 0 Å². The fourth-order valence-corrected chi connectivity index (χ4v) is 0.455. The van der Waals surface area contributed by atoms with Gasteiger partial charge in [-0.15, -0.1) is 0 Å². The van der Waals surface area contributed by atoms with E-state index in [1.54, 1.807) is 28.4 Å². The number of hydrogen-bond donors (Lipinski definition) is 1. The molecular formula is C8H18BO3. The Morgan fingerprint density at radius 3 is 2.08 bits per heavy atom. The highest BCUT2D eigenvalue weighted by Crippen LogP contribution is 2.24. The molecule has 0 aliphatic heterocycles. The average Bonchev–Trinajstić information content (AvgIpc) is 1.85. The molecule has 1 radical (unpaired) electrons. The van der Waals surface area contributed by atoms with E-state index in [-0.39, 0.29) is 0 Å². The van der Waals surface area contributed by atoms with Gasteiger partial charge in [-0.05, 0) is 27.7 Å². The monoisotopic (exact) mass is 173 g/mol. The SMILES string of the molecule is COC[B]OC(C)(C)C(C)(C)O. The van der Waals surface area contributed by atoms with Crippen molar-refractivity contribution in [2.75, 3.05) is 13.6 Å². The lowest BCUT2D eigenvalue weighted by molar-refractivity contribution is -0.0916. The molecule has 3 nitrogen and oxygen atoms in total. The van der Waals surface area contributed by atoms with Crippen LogP contribution in [0.15, 0.2) is 0 Å². The van der Waals surface area contributed by atoms with Gasteiger partial charge in [-0.3, -0.25) is 0 Å². The van der Waals surface area contributed by atoms with E-state index in [1.165, 1.54) is 0 Å². The Bertz CT molecular complexity index is 129. The maximum Gasteiger partial charge on any atom is 0.321 e. The van der Waals surface area contributed by atoms with Gasteiger partial charge in [-0.1, -0.05) is 0 Å². The summed E-state index contributed by atoms with van der Waals surface area (Å²) in [5, 5.41) is 9.66. The smallest absolute Gasteiger partial charge is 0.321 e. The van der Waals surface area contributed by atoms with Crippen LogP contribution in [-0.4, -0.2) is 37.4 Å². The van der Waals surface area contributed by atoms with Crippen molar-refractivity contribution >= 4 is 7.48 Å². The lowest BCUT2D eigenvalue weighted by Crippen LogP contribution is -2.48. The van der Waals surface area contributed by atoms with Crippen LogP contribution in [0.5, 0.6) is 0 Å². The van der Waals surface area contributed by atoms with E-state index in [0.29, 0.717) is 6.51 Å². The van der Waals surface area contributed by atoms with Gasteiger partial charge in [0.15, 0.2) is 0 Å². The zero-order valence-electron chi connectivity index (χ0n) is 8.55. The molecule has 0 amide bonds. The summed E-state index contributed by atoms with van der Waals surface area (Å²) < 4.78 is 10.1. The van der Waals surface area contributed by atoms with Crippen LogP contribution < -0.4 is 0 Å². The summed E-state index contributed by atoms with van der Waals surface area (Å²) in [6.45, 7) is 7.53. The second-order valence-electron chi connectivity index (χ2n) is 3.81. The molecule has 0 unspecified atom stereocenters. The molecule has 0 aromatic heterocycles. The molecule has 0 spiro atoms. The predicted octanol–water partition coefficient (Wildman–Crippen LogP) is 0.776. The summed E-state index contributed by atoms with van der Waals surface area (Å²) in [6.07, 6.45) is 0. The van der Waals surface area contributed by atoms with E-state index in [1.807, 2.05) is 13.8 Å². The van der Waals surface area contributed by atoms with E-state index < -0.39 is 11.2 Å². The highest BCUT2D eigenvalue weighted by Gasteiger charge is 2.35. The van der Waals surface area contributed by atoms with Crippen LogP contribution in [0.4, 0.5) is 0 Å². The topological polar surface area (TPSA) is 38.7 Å². The molecule has 71 valence electrons. The third-order valence-corrected chi connectivity index (χ3v) is 2.09. The summed E-state index contributed by atoms with van der Waals surface area (Å²) in [6, 6.07) is 0. The van der Waals surface area contributed by atoms with Crippen molar-refractivity contribution in [1.29, 1.82) is 0 Å². The van der Waals surface area contributed by atoms with Crippen LogP contribution in [0.3, 0.4) is 0 Å². The second kappa shape index (κ2) is 4.26. The van der Waals surface area contributed by atoms with Crippen molar-refractivity contribution < 1.29 is 14.5 Å². The largest absolute Gasteiger partial charge is 0.430 e. The molecule has 0 rings (SSSR count). The highest BCUT2D eigenvalue weighted by atomic mass is 16.5. The molecule has 0 fully saturated rings. The quantitative estimate of drug-likeness (QED) is 0.493. The summed E-state index contributed by atoms with van der Waals surface area (Å²) in [5.74, 6) is 0. The van der Waals surface area contributed by atoms with Gasteiger partial charge in [0.2, 0.25) is 0 Å². The van der Waals surface area contributed by atoms with E-state index in [2.05, 4.69) is 0 Å². The Kier molecular flexibility index (Phi) is 4.24. The van der Waals surface area contributed by atoms with Gasteiger partial charge in [-0.2, -0.15) is 0 Å². The summed E-state index contributed by atoms with van der Waals surface area (Å²) in [5.41, 5.74) is -1.46. The number of ether oxygens (including phenoxy) is 1. The van der Waals surface area contributed by atoms with Crippen molar-refractivity contribution in [3.05, 3.63) is 0 Å². The second-order valence-corrected chi connectivity index (χ2v) is 3.81. The van der Waals surface area contributed by atoms with E-state index in [9.17, 15) is 5.11 Å². The van der Waals surface area contributed by atoms with Crippen LogP contribution >= 0.6 is 0 Å². The van der Waals surface area contributed by atoms with E-state index in [4.69, 9.17) is 9.39 Å². The molecule has 0 aromatic carbocycles. The van der Waals surface area contributed by atoms with Crippen molar-refractivity contribution in [2.24, 2.45) is 0 Å². The first-order chi connectivity index (χ1) is 5.31. The first-order valence-corrected chi connectivity index (χ1v) is 4.02. The fourth-order valence-electron chi connectivity index (χ4n) is 0.455. The zero-order chi connectivity index (χ0) is 9.83. The molecule has 0 saturated heterocycles. The van der Waals surface area contributed by atoms with E-state index >= 15 is 0 Å². The normalized spacial score (nSPS) is 13.2. The Morgan fingerprint density at radius 2 is 1.75 bits per heavy atom. The lowest BCUT2D eigenvalue weighted by atomic mass is 9.87. The van der Waals surface area contributed by atoms with Gasteiger partial charge < -0.3 is 14.5 Å². The van der Waals surface area contributed by atoms with Gasteiger partial charge in [0.25, 0.3) is 0 Å². The minimum Gasteiger partial charge on any atom is -0.430 e. The standard InChI is InChI=1S/C8H18BO3/c1-7(2,10)8(3,4)12-9-6-11-5/h10H,6H2,1-5H3. The third kappa shape index (κ3) is 3.56. The molecule has 0 aliphatic carbocycles. The zero-order valence-corrected chi connectivity index (χ0v) is 8.55. The molecule has 0 atom stereocenters. The summed E-state index contributed by atoms with van der Waals surface area (Å²) in [7, 11) is 3.15. The maximum absolute atomic E-state index is 9.66. The Morgan fingerprint density at radius 1 is 1.25 bits per heavy atom. The minimum atomic E-state index is -0.864. The lowest BCUT2D eigenvalue weighted by Gasteiger charge is -2.37. The average molecular weight is 173 g/mol. The maximum atomic E-state index is 9.66. The number of methoxy groups -OCH3 is 1. The molecule has 0 heterocycles. The summed E-state index contributed by atoms with van der Waals surface area (Å²) in [4.78, 5) is 0. The molecule has 0 aliphatic rings. The Labute approximate surface area is 75.3 Å². The third-order valence-electron chi connectivity index (χ3n) is 2.09. The van der Waals surface area contributed by atoms with Crippen molar-refractivity contribution in [3.8, 4) is 0 Å². The van der Waals surface area contributed by atoms with Crippen LogP contribution in [0.25, 0.3) is 0 Å². The Balaban J connectivity index is 3.88. The number of aliphatic hydroxyl groups is 1. The predicted molar refractivity (Wildman–Crippen MR) is 49.1 cm³/mol. The van der Waals surface area contributed by atoms with Crippen LogP contribution in [0, 0.1) is 0 Å². The first kappa shape index (κ1) is 11.9. The first-order valence-electron chi connectivity index (χ1n) is 4.02. The summed E-state index contributed by atoms with van der Waals surface area (Å²) >= 11 is 0. The van der Waals surface area contributed by atoms with Crippen LogP contribution in [-0.2, 0) is 9.39 Å². The Hall–Kier alpha value is -0.0551. The molecule has 12 heavy (non-hydrogen) atoms. The van der Waals surface area contributed by atoms with Gasteiger partial charge in [0.05, 0.1) is 11.2 Å². The molecule has 0 saturated carbocycles. The van der Waals surface area contributed by atoms with Gasteiger partial charge in [-0.25, -0.2) is 0 Å². The van der Waals surface area contributed by atoms with E-state index in [0.717, 1.165) is 0 Å². The minimum absolute atomic E-state index is 0.430. The number of rotatable bonds is 5. The number of hydrogen-bond acceptors (Lipinski definition) is 3. The fraction of sp³-hybridized carbons (Fsp3) is 1.00. The molecule has 1 N–H and O–H groups in total. The van der Waals surface area contributed by atoms with Crippen LogP contribution in [0.2, 0.25) is 0 Å². The van der Waals surface area contributed by atoms with Gasteiger partial charge in [0, 0.05) is 13.6 Å².